The lowest BCUT2D eigenvalue weighted by Gasteiger charge is -2.32. The highest BCUT2D eigenvalue weighted by atomic mass is 15.3. The number of rotatable bonds is 1. The summed E-state index contributed by atoms with van der Waals surface area (Å²) in [7, 11) is 0. The first-order chi connectivity index (χ1) is 7.84. The zero-order valence-corrected chi connectivity index (χ0v) is 9.40. The van der Waals surface area contributed by atoms with Crippen molar-refractivity contribution in [2.75, 3.05) is 24.5 Å². The Morgan fingerprint density at radius 2 is 2.25 bits per heavy atom. The maximum atomic E-state index is 4.43. The third-order valence-electron chi connectivity index (χ3n) is 3.12. The number of H-pyrrole nitrogens is 1. The number of nitrogens with zero attached hydrogens (tertiary/aromatic N) is 2. The molecule has 1 aliphatic rings. The molecule has 0 aliphatic carbocycles. The van der Waals surface area contributed by atoms with E-state index < -0.39 is 0 Å². The van der Waals surface area contributed by atoms with Crippen LogP contribution in [0.5, 0.6) is 0 Å². The third-order valence-corrected chi connectivity index (χ3v) is 3.12. The Kier molecular flexibility index (Phi) is 2.29. The van der Waals surface area contributed by atoms with Crippen molar-refractivity contribution in [2.45, 2.75) is 13.0 Å². The zero-order valence-electron chi connectivity index (χ0n) is 9.40. The molecule has 4 heteroatoms. The van der Waals surface area contributed by atoms with Gasteiger partial charge in [-0.3, -0.25) is 5.10 Å². The Bertz CT molecular complexity index is 490. The summed E-state index contributed by atoms with van der Waals surface area (Å²) in [4.78, 5) is 2.35. The van der Waals surface area contributed by atoms with Gasteiger partial charge in [-0.25, -0.2) is 0 Å². The number of aromatic nitrogens is 2. The summed E-state index contributed by atoms with van der Waals surface area (Å²) in [5.74, 6) is 1.09. The highest BCUT2D eigenvalue weighted by Crippen LogP contribution is 2.24. The molecule has 0 unspecified atom stereocenters. The van der Waals surface area contributed by atoms with Gasteiger partial charge in [-0.15, -0.1) is 0 Å². The van der Waals surface area contributed by atoms with Gasteiger partial charge >= 0.3 is 0 Å². The fourth-order valence-corrected chi connectivity index (χ4v) is 2.31. The fraction of sp³-hybridized carbons (Fsp3) is 0.417. The van der Waals surface area contributed by atoms with E-state index in [4.69, 9.17) is 0 Å². The van der Waals surface area contributed by atoms with Crippen LogP contribution in [0.1, 0.15) is 6.92 Å². The van der Waals surface area contributed by atoms with Crippen LogP contribution in [0.4, 0.5) is 5.82 Å². The van der Waals surface area contributed by atoms with Crippen molar-refractivity contribution in [3.05, 3.63) is 24.3 Å². The molecular weight excluding hydrogens is 200 g/mol. The average Bonchev–Trinajstić information content (AvgIpc) is 2.72. The topological polar surface area (TPSA) is 44.0 Å². The SMILES string of the molecule is C[C@H]1CN(c2n[nH]c3ccccc23)CCN1. The molecule has 1 fully saturated rings. The van der Waals surface area contributed by atoms with Gasteiger partial charge in [0.2, 0.25) is 0 Å². The monoisotopic (exact) mass is 216 g/mol. The minimum absolute atomic E-state index is 0.532. The summed E-state index contributed by atoms with van der Waals surface area (Å²) >= 11 is 0. The highest BCUT2D eigenvalue weighted by molar-refractivity contribution is 5.90. The summed E-state index contributed by atoms with van der Waals surface area (Å²) in [5, 5.41) is 12.2. The Hall–Kier alpha value is -1.55. The molecule has 4 nitrogen and oxygen atoms in total. The first kappa shape index (κ1) is 9.66. The first-order valence-corrected chi connectivity index (χ1v) is 5.76. The Morgan fingerprint density at radius 3 is 3.12 bits per heavy atom. The van der Waals surface area contributed by atoms with Crippen LogP contribution in [0.2, 0.25) is 0 Å². The number of fused-ring (bicyclic) bond motifs is 1. The summed E-state index contributed by atoms with van der Waals surface area (Å²) in [5.41, 5.74) is 1.11. The zero-order chi connectivity index (χ0) is 11.0. The third kappa shape index (κ3) is 1.55. The number of anilines is 1. The minimum atomic E-state index is 0.532. The normalized spacial score (nSPS) is 21.6. The molecule has 0 radical (unpaired) electrons. The van der Waals surface area contributed by atoms with E-state index in [1.54, 1.807) is 0 Å². The average molecular weight is 216 g/mol. The number of nitrogens with one attached hydrogen (secondary N) is 2. The van der Waals surface area contributed by atoms with Gasteiger partial charge in [0.15, 0.2) is 5.82 Å². The number of para-hydroxylation sites is 1. The molecule has 3 rings (SSSR count). The second-order valence-corrected chi connectivity index (χ2v) is 4.39. The molecule has 0 saturated carbocycles. The van der Waals surface area contributed by atoms with E-state index in [9.17, 15) is 0 Å². The summed E-state index contributed by atoms with van der Waals surface area (Å²) in [6, 6.07) is 8.82. The van der Waals surface area contributed by atoms with Crippen molar-refractivity contribution in [2.24, 2.45) is 0 Å². The van der Waals surface area contributed by atoms with Crippen LogP contribution in [-0.4, -0.2) is 35.9 Å². The maximum Gasteiger partial charge on any atom is 0.158 e. The summed E-state index contributed by atoms with van der Waals surface area (Å²) in [6.07, 6.45) is 0. The van der Waals surface area contributed by atoms with Gasteiger partial charge in [0.05, 0.1) is 5.52 Å². The van der Waals surface area contributed by atoms with Crippen LogP contribution in [0.15, 0.2) is 24.3 Å². The van der Waals surface area contributed by atoms with Gasteiger partial charge in [0.1, 0.15) is 0 Å². The van der Waals surface area contributed by atoms with Crippen molar-refractivity contribution < 1.29 is 0 Å². The van der Waals surface area contributed by atoms with E-state index in [-0.39, 0.29) is 0 Å². The quantitative estimate of drug-likeness (QED) is 0.756. The van der Waals surface area contributed by atoms with Crippen molar-refractivity contribution in [3.8, 4) is 0 Å². The largest absolute Gasteiger partial charge is 0.352 e. The van der Waals surface area contributed by atoms with Crippen LogP contribution in [0.25, 0.3) is 10.9 Å². The molecule has 0 bridgehead atoms. The maximum absolute atomic E-state index is 4.43. The van der Waals surface area contributed by atoms with Gasteiger partial charge in [0, 0.05) is 31.1 Å². The Morgan fingerprint density at radius 1 is 1.38 bits per heavy atom. The van der Waals surface area contributed by atoms with E-state index in [1.165, 1.54) is 5.39 Å². The first-order valence-electron chi connectivity index (χ1n) is 5.76. The van der Waals surface area contributed by atoms with Crippen LogP contribution in [0.3, 0.4) is 0 Å². The summed E-state index contributed by atoms with van der Waals surface area (Å²) < 4.78 is 0. The minimum Gasteiger partial charge on any atom is -0.352 e. The second kappa shape index (κ2) is 3.79. The molecule has 84 valence electrons. The van der Waals surface area contributed by atoms with Gasteiger partial charge in [-0.1, -0.05) is 12.1 Å². The lowest BCUT2D eigenvalue weighted by molar-refractivity contribution is 0.483. The van der Waals surface area contributed by atoms with Crippen molar-refractivity contribution in [1.82, 2.24) is 15.5 Å². The Labute approximate surface area is 94.6 Å². The lowest BCUT2D eigenvalue weighted by atomic mass is 10.2. The van der Waals surface area contributed by atoms with E-state index >= 15 is 0 Å². The van der Waals surface area contributed by atoms with E-state index in [2.05, 4.69) is 45.5 Å². The lowest BCUT2D eigenvalue weighted by Crippen LogP contribution is -2.49. The molecule has 1 saturated heterocycles. The van der Waals surface area contributed by atoms with Crippen molar-refractivity contribution in [3.63, 3.8) is 0 Å². The molecular formula is C12H16N4. The molecule has 1 atom stereocenters. The molecule has 16 heavy (non-hydrogen) atoms. The molecule has 0 amide bonds. The molecule has 2 heterocycles. The predicted octanol–water partition coefficient (Wildman–Crippen LogP) is 1.36. The van der Waals surface area contributed by atoms with Gasteiger partial charge in [-0.05, 0) is 19.1 Å². The number of hydrogen-bond acceptors (Lipinski definition) is 3. The number of benzene rings is 1. The summed E-state index contributed by atoms with van der Waals surface area (Å²) in [6.45, 7) is 5.29. The van der Waals surface area contributed by atoms with E-state index in [0.717, 1.165) is 31.0 Å². The number of aromatic amines is 1. The molecule has 1 aromatic heterocycles. The van der Waals surface area contributed by atoms with Gasteiger partial charge in [-0.2, -0.15) is 5.10 Å². The van der Waals surface area contributed by atoms with Crippen LogP contribution in [-0.2, 0) is 0 Å². The van der Waals surface area contributed by atoms with Gasteiger partial charge < -0.3 is 10.2 Å². The fourth-order valence-electron chi connectivity index (χ4n) is 2.31. The molecule has 2 N–H and O–H groups in total. The number of piperazine rings is 1. The molecule has 1 aliphatic heterocycles. The highest BCUT2D eigenvalue weighted by Gasteiger charge is 2.19. The molecule has 0 spiro atoms. The standard InChI is InChI=1S/C12H16N4/c1-9-8-16(7-6-13-9)12-10-4-2-3-5-11(10)14-15-12/h2-5,9,13H,6-8H2,1H3,(H,14,15)/t9-/m0/s1. The smallest absolute Gasteiger partial charge is 0.158 e. The molecule has 2 aromatic rings. The Balaban J connectivity index is 1.99. The van der Waals surface area contributed by atoms with Crippen LogP contribution < -0.4 is 10.2 Å². The van der Waals surface area contributed by atoms with Crippen molar-refractivity contribution >= 4 is 16.7 Å². The predicted molar refractivity (Wildman–Crippen MR) is 65.8 cm³/mol. The second-order valence-electron chi connectivity index (χ2n) is 4.39. The van der Waals surface area contributed by atoms with Gasteiger partial charge in [0.25, 0.3) is 0 Å². The van der Waals surface area contributed by atoms with Crippen molar-refractivity contribution in [1.29, 1.82) is 0 Å². The van der Waals surface area contributed by atoms with Crippen LogP contribution in [0, 0.1) is 0 Å². The van der Waals surface area contributed by atoms with Crippen LogP contribution >= 0.6 is 0 Å². The molecule has 1 aromatic carbocycles. The van der Waals surface area contributed by atoms with E-state index in [1.807, 2.05) is 6.07 Å². The number of hydrogen-bond donors (Lipinski definition) is 2. The van der Waals surface area contributed by atoms with E-state index in [0.29, 0.717) is 6.04 Å².